The van der Waals surface area contributed by atoms with Crippen LogP contribution in [-0.4, -0.2) is 19.7 Å². The van der Waals surface area contributed by atoms with Crippen LogP contribution in [0.2, 0.25) is 0 Å². The van der Waals surface area contributed by atoms with Crippen molar-refractivity contribution in [1.29, 1.82) is 0 Å². The molecule has 25 heavy (non-hydrogen) atoms. The predicted molar refractivity (Wildman–Crippen MR) is 96.7 cm³/mol. The van der Waals surface area contributed by atoms with Crippen LogP contribution < -0.4 is 10.0 Å². The Kier molecular flexibility index (Phi) is 5.77. The van der Waals surface area contributed by atoms with Crippen LogP contribution in [0.1, 0.15) is 54.1 Å². The van der Waals surface area contributed by atoms with Crippen LogP contribution >= 0.6 is 11.3 Å². The van der Waals surface area contributed by atoms with Crippen LogP contribution in [0.3, 0.4) is 0 Å². The molecule has 1 saturated carbocycles. The lowest BCUT2D eigenvalue weighted by atomic mass is 9.87. The van der Waals surface area contributed by atoms with E-state index in [0.29, 0.717) is 11.0 Å². The first kappa shape index (κ1) is 18.0. The molecule has 0 spiro atoms. The number of nitrogens with zero attached hydrogens (tertiary/aromatic N) is 1. The molecule has 0 aliphatic heterocycles. The van der Waals surface area contributed by atoms with Crippen molar-refractivity contribution in [2.75, 3.05) is 10.0 Å². The van der Waals surface area contributed by atoms with Crippen molar-refractivity contribution >= 4 is 39.3 Å². The molecule has 6 nitrogen and oxygen atoms in total. The Morgan fingerprint density at radius 1 is 1.32 bits per heavy atom. The predicted octanol–water partition coefficient (Wildman–Crippen LogP) is 4.13. The highest BCUT2D eigenvalue weighted by Crippen LogP contribution is 2.34. The van der Waals surface area contributed by atoms with Gasteiger partial charge in [-0.2, -0.15) is 0 Å². The molecular weight excluding hydrogens is 365 g/mol. The number of aromatic nitrogens is 1. The molecule has 1 fully saturated rings. The first-order valence-corrected chi connectivity index (χ1v) is 9.95. The molecule has 1 amide bonds. The van der Waals surface area contributed by atoms with E-state index in [1.807, 2.05) is 5.38 Å². The van der Waals surface area contributed by atoms with Crippen molar-refractivity contribution in [2.45, 2.75) is 38.0 Å². The molecule has 1 aliphatic rings. The van der Waals surface area contributed by atoms with E-state index >= 15 is 0 Å². The van der Waals surface area contributed by atoms with E-state index in [1.54, 1.807) is 0 Å². The Morgan fingerprint density at radius 3 is 2.80 bits per heavy atom. The molecule has 1 heterocycles. The highest BCUT2D eigenvalue weighted by Gasteiger charge is 2.20. The maximum absolute atomic E-state index is 13.3. The highest BCUT2D eigenvalue weighted by atomic mass is 32.2. The molecule has 1 aromatic carbocycles. The van der Waals surface area contributed by atoms with Gasteiger partial charge in [0.25, 0.3) is 17.2 Å². The second-order valence-corrected chi connectivity index (χ2v) is 7.47. The zero-order valence-electron chi connectivity index (χ0n) is 13.3. The molecule has 0 saturated heterocycles. The fourth-order valence-electron chi connectivity index (χ4n) is 2.99. The quantitative estimate of drug-likeness (QED) is 0.677. The number of amides is 1. The van der Waals surface area contributed by atoms with E-state index in [0.717, 1.165) is 30.7 Å². The fraction of sp³-hybridized carbons (Fsp3) is 0.375. The first-order valence-electron chi connectivity index (χ1n) is 7.97. The van der Waals surface area contributed by atoms with Gasteiger partial charge in [-0.25, -0.2) is 13.6 Å². The van der Waals surface area contributed by atoms with E-state index in [2.05, 4.69) is 15.0 Å². The van der Waals surface area contributed by atoms with E-state index in [4.69, 9.17) is 4.55 Å². The highest BCUT2D eigenvalue weighted by molar-refractivity contribution is 7.80. The summed E-state index contributed by atoms with van der Waals surface area (Å²) in [6.07, 6.45) is 5.90. The van der Waals surface area contributed by atoms with Gasteiger partial charge in [0.05, 0.1) is 16.9 Å². The van der Waals surface area contributed by atoms with Crippen molar-refractivity contribution in [2.24, 2.45) is 0 Å². The normalized spacial score (nSPS) is 16.4. The number of rotatable bonds is 5. The van der Waals surface area contributed by atoms with Gasteiger partial charge in [0, 0.05) is 11.3 Å². The number of benzene rings is 1. The summed E-state index contributed by atoms with van der Waals surface area (Å²) in [7, 11) is 0. The lowest BCUT2D eigenvalue weighted by Gasteiger charge is -2.19. The summed E-state index contributed by atoms with van der Waals surface area (Å²) in [5, 5.41) is 5.10. The summed E-state index contributed by atoms with van der Waals surface area (Å²) >= 11 is -1.06. The summed E-state index contributed by atoms with van der Waals surface area (Å²) in [5.41, 5.74) is 1.01. The van der Waals surface area contributed by atoms with Crippen molar-refractivity contribution < 1.29 is 17.9 Å². The fourth-order valence-corrected chi connectivity index (χ4v) is 4.13. The van der Waals surface area contributed by atoms with Crippen LogP contribution in [0.5, 0.6) is 0 Å². The number of hydrogen-bond donors (Lipinski definition) is 3. The Balaban J connectivity index is 1.74. The molecular formula is C16H18FN3O3S2. The third-order valence-electron chi connectivity index (χ3n) is 4.19. The molecule has 0 bridgehead atoms. The first-order chi connectivity index (χ1) is 12.0. The van der Waals surface area contributed by atoms with Crippen molar-refractivity contribution in [3.63, 3.8) is 0 Å². The van der Waals surface area contributed by atoms with Gasteiger partial charge in [-0.05, 0) is 31.0 Å². The number of carbonyl (C=O) groups is 1. The Labute approximate surface area is 151 Å². The van der Waals surface area contributed by atoms with Crippen molar-refractivity contribution in [3.05, 3.63) is 40.7 Å². The zero-order chi connectivity index (χ0) is 17.8. The molecule has 134 valence electrons. The second kappa shape index (κ2) is 8.03. The molecule has 9 heteroatoms. The average Bonchev–Trinajstić information content (AvgIpc) is 3.03. The van der Waals surface area contributed by atoms with Crippen LogP contribution in [0.15, 0.2) is 23.6 Å². The minimum absolute atomic E-state index is 0.0533. The lowest BCUT2D eigenvalue weighted by molar-refractivity contribution is 0.102. The molecule has 1 unspecified atom stereocenters. The number of thiazole rings is 1. The van der Waals surface area contributed by atoms with Crippen LogP contribution in [0.25, 0.3) is 0 Å². The van der Waals surface area contributed by atoms with Gasteiger partial charge in [-0.3, -0.25) is 19.4 Å². The van der Waals surface area contributed by atoms with Crippen LogP contribution in [0, 0.1) is 5.82 Å². The molecule has 1 aliphatic carbocycles. The number of halogens is 1. The van der Waals surface area contributed by atoms with Gasteiger partial charge >= 0.3 is 0 Å². The maximum atomic E-state index is 13.3. The van der Waals surface area contributed by atoms with Gasteiger partial charge in [0.15, 0.2) is 5.13 Å². The summed E-state index contributed by atoms with van der Waals surface area (Å²) in [4.78, 5) is 16.9. The van der Waals surface area contributed by atoms with E-state index < -0.39 is 23.0 Å². The number of nitrogens with one attached hydrogen (secondary N) is 2. The van der Waals surface area contributed by atoms with Gasteiger partial charge in [-0.1, -0.05) is 19.3 Å². The molecule has 3 N–H and O–H groups in total. The van der Waals surface area contributed by atoms with E-state index in [1.165, 1.54) is 36.7 Å². The third-order valence-corrected chi connectivity index (χ3v) is 5.36. The lowest BCUT2D eigenvalue weighted by Crippen LogP contribution is -2.16. The van der Waals surface area contributed by atoms with E-state index in [9.17, 15) is 13.4 Å². The van der Waals surface area contributed by atoms with Crippen LogP contribution in [0.4, 0.5) is 15.2 Å². The van der Waals surface area contributed by atoms with Crippen molar-refractivity contribution in [3.8, 4) is 0 Å². The molecule has 3 rings (SSSR count). The van der Waals surface area contributed by atoms with Gasteiger partial charge in [-0.15, -0.1) is 11.3 Å². The number of carbonyl (C=O) groups excluding carboxylic acids is 1. The minimum atomic E-state index is -2.41. The van der Waals surface area contributed by atoms with Crippen LogP contribution in [-0.2, 0) is 11.3 Å². The van der Waals surface area contributed by atoms with Gasteiger partial charge < -0.3 is 0 Å². The topological polar surface area (TPSA) is 91.3 Å². The Morgan fingerprint density at radius 2 is 2.08 bits per heavy atom. The van der Waals surface area contributed by atoms with Crippen molar-refractivity contribution in [1.82, 2.24) is 4.98 Å². The smallest absolute Gasteiger partial charge is 0.259 e. The monoisotopic (exact) mass is 383 g/mol. The second-order valence-electron chi connectivity index (χ2n) is 5.91. The summed E-state index contributed by atoms with van der Waals surface area (Å²) in [5.74, 6) is -0.689. The molecule has 1 atom stereocenters. The summed E-state index contributed by atoms with van der Waals surface area (Å²) < 4.78 is 35.3. The molecule has 0 radical (unpaired) electrons. The Bertz CT molecular complexity index is 791. The van der Waals surface area contributed by atoms with E-state index in [-0.39, 0.29) is 11.3 Å². The minimum Gasteiger partial charge on any atom is -0.298 e. The average molecular weight is 383 g/mol. The standard InChI is InChI=1S/C16H18FN3O3S2/c17-11-6-7-12(13(8-11)20-25(22)23)15(21)19-16-18-14(9-24-16)10-4-2-1-3-5-10/h6-10,20H,1-5H2,(H,22,23)(H,18,19,21). The largest absolute Gasteiger partial charge is 0.298 e. The maximum Gasteiger partial charge on any atom is 0.259 e. The molecule has 1 aromatic heterocycles. The Hall–Kier alpha value is -1.84. The SMILES string of the molecule is O=C(Nc1nc(C2CCCCC2)cs1)c1ccc(F)cc1NS(=O)O. The van der Waals surface area contributed by atoms with Gasteiger partial charge in [0.2, 0.25) is 0 Å². The number of anilines is 2. The summed E-state index contributed by atoms with van der Waals surface area (Å²) in [6.45, 7) is 0. The number of hydrogen-bond acceptors (Lipinski definition) is 4. The zero-order valence-corrected chi connectivity index (χ0v) is 15.0. The molecule has 2 aromatic rings. The summed E-state index contributed by atoms with van der Waals surface area (Å²) in [6, 6.07) is 3.38. The third kappa shape index (κ3) is 4.62. The van der Waals surface area contributed by atoms with Gasteiger partial charge in [0.1, 0.15) is 5.82 Å².